The second kappa shape index (κ2) is 5.56. The Hall–Kier alpha value is -2.36. The average Bonchev–Trinajstić information content (AvgIpc) is 3.26. The zero-order valence-electron chi connectivity index (χ0n) is 12.2. The van der Waals surface area contributed by atoms with E-state index in [0.717, 1.165) is 29.9 Å². The van der Waals surface area contributed by atoms with Crippen molar-refractivity contribution >= 4 is 11.7 Å². The Balaban J connectivity index is 1.76. The van der Waals surface area contributed by atoms with E-state index in [4.69, 9.17) is 0 Å². The molecule has 1 heterocycles. The molecule has 1 aromatic carbocycles. The molecule has 0 atom stereocenters. The first kappa shape index (κ1) is 13.6. The van der Waals surface area contributed by atoms with Gasteiger partial charge in [-0.05, 0) is 31.2 Å². The maximum absolute atomic E-state index is 12.2. The number of aryl methyl sites for hydroxylation is 1. The van der Waals surface area contributed by atoms with E-state index >= 15 is 0 Å². The molecule has 0 aliphatic heterocycles. The molecule has 1 amide bonds. The summed E-state index contributed by atoms with van der Waals surface area (Å²) >= 11 is 0. The van der Waals surface area contributed by atoms with E-state index in [-0.39, 0.29) is 5.91 Å². The minimum atomic E-state index is -0.0910. The van der Waals surface area contributed by atoms with E-state index in [1.807, 2.05) is 48.0 Å². The van der Waals surface area contributed by atoms with E-state index in [1.165, 1.54) is 0 Å². The van der Waals surface area contributed by atoms with Gasteiger partial charge < -0.3 is 5.32 Å². The fourth-order valence-corrected chi connectivity index (χ4v) is 2.34. The third-order valence-corrected chi connectivity index (χ3v) is 3.68. The second-order valence-corrected chi connectivity index (χ2v) is 5.57. The standard InChI is InChI=1S/C17H19N3O/c1-12-10-16(18-17(21)13(2)15-8-9-15)20(19-12)11-14-6-4-3-5-7-14/h3-7,10,15H,2,8-9,11H2,1H3,(H,18,21). The first-order valence-electron chi connectivity index (χ1n) is 7.22. The minimum Gasteiger partial charge on any atom is -0.307 e. The second-order valence-electron chi connectivity index (χ2n) is 5.57. The highest BCUT2D eigenvalue weighted by atomic mass is 16.1. The first-order valence-corrected chi connectivity index (χ1v) is 7.22. The van der Waals surface area contributed by atoms with E-state index in [2.05, 4.69) is 17.0 Å². The Kier molecular flexibility index (Phi) is 3.60. The largest absolute Gasteiger partial charge is 0.307 e. The summed E-state index contributed by atoms with van der Waals surface area (Å²) in [4.78, 5) is 12.2. The molecule has 1 saturated carbocycles. The number of nitrogens with one attached hydrogen (secondary N) is 1. The van der Waals surface area contributed by atoms with Crippen LogP contribution in [-0.4, -0.2) is 15.7 Å². The van der Waals surface area contributed by atoms with Gasteiger partial charge in [0, 0.05) is 11.6 Å². The molecule has 1 fully saturated rings. The fourth-order valence-electron chi connectivity index (χ4n) is 2.34. The van der Waals surface area contributed by atoms with Gasteiger partial charge in [-0.1, -0.05) is 36.9 Å². The SMILES string of the molecule is C=C(C(=O)Nc1cc(C)nn1Cc1ccccc1)C1CC1. The first-order chi connectivity index (χ1) is 10.1. The Labute approximate surface area is 124 Å². The van der Waals surface area contributed by atoms with Gasteiger partial charge >= 0.3 is 0 Å². The van der Waals surface area contributed by atoms with Crippen LogP contribution in [0.1, 0.15) is 24.1 Å². The molecule has 4 nitrogen and oxygen atoms in total. The lowest BCUT2D eigenvalue weighted by atomic mass is 10.2. The summed E-state index contributed by atoms with van der Waals surface area (Å²) in [5.74, 6) is 1.01. The zero-order chi connectivity index (χ0) is 14.8. The quantitative estimate of drug-likeness (QED) is 0.856. The van der Waals surface area contributed by atoms with E-state index in [1.54, 1.807) is 0 Å². The highest BCUT2D eigenvalue weighted by molar-refractivity contribution is 6.03. The maximum Gasteiger partial charge on any atom is 0.252 e. The van der Waals surface area contributed by atoms with Crippen LogP contribution < -0.4 is 5.32 Å². The smallest absolute Gasteiger partial charge is 0.252 e. The topological polar surface area (TPSA) is 46.9 Å². The summed E-state index contributed by atoms with van der Waals surface area (Å²) < 4.78 is 1.82. The fraction of sp³-hybridized carbons (Fsp3) is 0.294. The van der Waals surface area contributed by atoms with E-state index in [0.29, 0.717) is 18.0 Å². The molecular formula is C17H19N3O. The molecule has 1 aliphatic carbocycles. The van der Waals surface area contributed by atoms with Gasteiger partial charge in [0.1, 0.15) is 5.82 Å². The lowest BCUT2D eigenvalue weighted by molar-refractivity contribution is -0.113. The summed E-state index contributed by atoms with van der Waals surface area (Å²) in [7, 11) is 0. The molecule has 0 radical (unpaired) electrons. The van der Waals surface area contributed by atoms with E-state index < -0.39 is 0 Å². The number of hydrogen-bond acceptors (Lipinski definition) is 2. The molecule has 1 aromatic heterocycles. The molecule has 2 aromatic rings. The maximum atomic E-state index is 12.2. The highest BCUT2D eigenvalue weighted by Crippen LogP contribution is 2.35. The van der Waals surface area contributed by atoms with Crippen LogP contribution in [0.2, 0.25) is 0 Å². The molecule has 3 rings (SSSR count). The van der Waals surface area contributed by atoms with Crippen molar-refractivity contribution in [2.45, 2.75) is 26.3 Å². The molecule has 0 saturated heterocycles. The molecule has 108 valence electrons. The average molecular weight is 281 g/mol. The highest BCUT2D eigenvalue weighted by Gasteiger charge is 2.29. The summed E-state index contributed by atoms with van der Waals surface area (Å²) in [5, 5.41) is 7.39. The monoisotopic (exact) mass is 281 g/mol. The predicted molar refractivity (Wildman–Crippen MR) is 83.0 cm³/mol. The van der Waals surface area contributed by atoms with Gasteiger partial charge in [-0.2, -0.15) is 5.10 Å². The Morgan fingerprint density at radius 1 is 1.38 bits per heavy atom. The van der Waals surface area contributed by atoms with Gasteiger partial charge in [-0.25, -0.2) is 4.68 Å². The minimum absolute atomic E-state index is 0.0910. The number of anilines is 1. The number of hydrogen-bond donors (Lipinski definition) is 1. The molecular weight excluding hydrogens is 262 g/mol. The Bertz CT molecular complexity index is 669. The van der Waals surface area contributed by atoms with Crippen molar-refractivity contribution in [2.24, 2.45) is 5.92 Å². The van der Waals surface area contributed by atoms with Crippen LogP contribution in [0.5, 0.6) is 0 Å². The van der Waals surface area contributed by atoms with Crippen LogP contribution in [0.25, 0.3) is 0 Å². The number of aromatic nitrogens is 2. The zero-order valence-corrected chi connectivity index (χ0v) is 12.2. The number of carbonyl (C=O) groups is 1. The normalized spacial score (nSPS) is 14.0. The Morgan fingerprint density at radius 2 is 2.10 bits per heavy atom. The number of nitrogens with zero attached hydrogens (tertiary/aromatic N) is 2. The lowest BCUT2D eigenvalue weighted by Gasteiger charge is -2.10. The van der Waals surface area contributed by atoms with Crippen LogP contribution in [0.3, 0.4) is 0 Å². The summed E-state index contributed by atoms with van der Waals surface area (Å²) in [6.07, 6.45) is 2.16. The van der Waals surface area contributed by atoms with Crippen LogP contribution in [-0.2, 0) is 11.3 Å². The molecule has 4 heteroatoms. The summed E-state index contributed by atoms with van der Waals surface area (Å²) in [5.41, 5.74) is 2.72. The molecule has 1 aliphatic rings. The van der Waals surface area contributed by atoms with E-state index in [9.17, 15) is 4.79 Å². The lowest BCUT2D eigenvalue weighted by Crippen LogP contribution is -2.18. The molecule has 0 spiro atoms. The number of amides is 1. The predicted octanol–water partition coefficient (Wildman–Crippen LogP) is 3.14. The molecule has 21 heavy (non-hydrogen) atoms. The van der Waals surface area contributed by atoms with Crippen molar-refractivity contribution in [2.75, 3.05) is 5.32 Å². The van der Waals surface area contributed by atoms with Crippen LogP contribution in [0, 0.1) is 12.8 Å². The van der Waals surface area contributed by atoms with Crippen molar-refractivity contribution in [1.82, 2.24) is 9.78 Å². The third kappa shape index (κ3) is 3.21. The van der Waals surface area contributed by atoms with Gasteiger partial charge in [-0.3, -0.25) is 4.79 Å². The summed E-state index contributed by atoms with van der Waals surface area (Å²) in [6, 6.07) is 12.0. The van der Waals surface area contributed by atoms with Crippen LogP contribution >= 0.6 is 0 Å². The van der Waals surface area contributed by atoms with Gasteiger partial charge in [0.05, 0.1) is 12.2 Å². The third-order valence-electron chi connectivity index (χ3n) is 3.68. The van der Waals surface area contributed by atoms with Gasteiger partial charge in [0.2, 0.25) is 0 Å². The molecule has 0 unspecified atom stereocenters. The Morgan fingerprint density at radius 3 is 2.76 bits per heavy atom. The molecule has 1 N–H and O–H groups in total. The van der Waals surface area contributed by atoms with Crippen molar-refractivity contribution in [3.8, 4) is 0 Å². The van der Waals surface area contributed by atoms with Crippen LogP contribution in [0.15, 0.2) is 48.6 Å². The summed E-state index contributed by atoms with van der Waals surface area (Å²) in [6.45, 7) is 6.45. The van der Waals surface area contributed by atoms with Crippen LogP contribution in [0.4, 0.5) is 5.82 Å². The van der Waals surface area contributed by atoms with Crippen molar-refractivity contribution < 1.29 is 4.79 Å². The number of benzene rings is 1. The van der Waals surface area contributed by atoms with Crippen molar-refractivity contribution in [3.05, 3.63) is 59.8 Å². The van der Waals surface area contributed by atoms with Gasteiger partial charge in [0.25, 0.3) is 5.91 Å². The van der Waals surface area contributed by atoms with Crippen molar-refractivity contribution in [3.63, 3.8) is 0 Å². The molecule has 0 bridgehead atoms. The van der Waals surface area contributed by atoms with Gasteiger partial charge in [-0.15, -0.1) is 0 Å². The number of rotatable bonds is 5. The van der Waals surface area contributed by atoms with Crippen molar-refractivity contribution in [1.29, 1.82) is 0 Å². The number of carbonyl (C=O) groups excluding carboxylic acids is 1. The van der Waals surface area contributed by atoms with Gasteiger partial charge in [0.15, 0.2) is 0 Å².